The number of hydrogen-bond donors (Lipinski definition) is 1. The van der Waals surface area contributed by atoms with Gasteiger partial charge in [-0.1, -0.05) is 5.46 Å². The Labute approximate surface area is 61.9 Å². The third-order valence-electron chi connectivity index (χ3n) is 1.51. The molecule has 0 aliphatic rings. The summed E-state index contributed by atoms with van der Waals surface area (Å²) in [7, 11) is 0. The molecule has 2 nitrogen and oxygen atoms in total. The zero-order valence-electron chi connectivity index (χ0n) is 6.16. The van der Waals surface area contributed by atoms with E-state index in [9.17, 15) is 12.9 Å². The van der Waals surface area contributed by atoms with Crippen LogP contribution in [0.2, 0.25) is 0 Å². The van der Waals surface area contributed by atoms with Crippen molar-refractivity contribution in [3.05, 3.63) is 11.4 Å². The topological polar surface area (TPSA) is 28.7 Å². The van der Waals surface area contributed by atoms with E-state index in [2.05, 4.69) is 10.2 Å². The van der Waals surface area contributed by atoms with Gasteiger partial charge in [0.1, 0.15) is 0 Å². The number of H-pyrrole nitrogens is 1. The summed E-state index contributed by atoms with van der Waals surface area (Å²) in [5, 5.41) is 5.74. The molecule has 11 heavy (non-hydrogen) atoms. The number of hydrogen-bond acceptors (Lipinski definition) is 1. The van der Waals surface area contributed by atoms with Gasteiger partial charge in [0.05, 0.1) is 0 Å². The number of halogens is 3. The molecular formula is C5H7BF3N2-. The Morgan fingerprint density at radius 2 is 1.82 bits per heavy atom. The highest BCUT2D eigenvalue weighted by Crippen LogP contribution is 2.11. The molecule has 0 aromatic carbocycles. The fourth-order valence-electron chi connectivity index (χ4n) is 1.04. The maximum Gasteiger partial charge on any atom is 0.513 e. The van der Waals surface area contributed by atoms with Crippen LogP contribution in [-0.4, -0.2) is 17.2 Å². The summed E-state index contributed by atoms with van der Waals surface area (Å²) in [6.07, 6.45) is 0. The lowest BCUT2D eigenvalue weighted by atomic mass is 9.78. The third-order valence-corrected chi connectivity index (χ3v) is 1.51. The SMILES string of the molecule is Cc1n[nH]c(C)c1[B-](F)(F)F. The molecule has 0 saturated carbocycles. The van der Waals surface area contributed by atoms with E-state index in [1.54, 1.807) is 0 Å². The Bertz CT molecular complexity index is 246. The van der Waals surface area contributed by atoms with Gasteiger partial charge in [-0.2, -0.15) is 5.10 Å². The van der Waals surface area contributed by atoms with Crippen LogP contribution in [0.4, 0.5) is 12.9 Å². The van der Waals surface area contributed by atoms with Crippen molar-refractivity contribution in [2.24, 2.45) is 0 Å². The van der Waals surface area contributed by atoms with Gasteiger partial charge in [0, 0.05) is 11.4 Å². The molecule has 0 aliphatic carbocycles. The first-order valence-electron chi connectivity index (χ1n) is 3.14. The molecule has 0 saturated heterocycles. The van der Waals surface area contributed by atoms with Crippen LogP contribution in [0.1, 0.15) is 11.4 Å². The molecule has 6 heteroatoms. The zero-order valence-corrected chi connectivity index (χ0v) is 6.16. The predicted molar refractivity (Wildman–Crippen MR) is 36.8 cm³/mol. The summed E-state index contributed by atoms with van der Waals surface area (Å²) in [5.74, 6) is 0. The van der Waals surface area contributed by atoms with Crippen LogP contribution in [0.15, 0.2) is 0 Å². The van der Waals surface area contributed by atoms with E-state index in [4.69, 9.17) is 0 Å². The Morgan fingerprint density at radius 1 is 1.27 bits per heavy atom. The molecule has 1 aromatic rings. The van der Waals surface area contributed by atoms with Crippen molar-refractivity contribution in [1.82, 2.24) is 10.2 Å². The van der Waals surface area contributed by atoms with E-state index in [1.165, 1.54) is 13.8 Å². The van der Waals surface area contributed by atoms with Crippen molar-refractivity contribution in [2.75, 3.05) is 0 Å². The van der Waals surface area contributed by atoms with Gasteiger partial charge in [-0.15, -0.1) is 0 Å². The zero-order chi connectivity index (χ0) is 8.65. The molecule has 1 aromatic heterocycles. The average molecular weight is 163 g/mol. The quantitative estimate of drug-likeness (QED) is 0.616. The first kappa shape index (κ1) is 8.16. The van der Waals surface area contributed by atoms with Gasteiger partial charge in [-0.05, 0) is 13.8 Å². The molecular weight excluding hydrogens is 156 g/mol. The Hall–Kier alpha value is -0.935. The largest absolute Gasteiger partial charge is 0.513 e. The van der Waals surface area contributed by atoms with Gasteiger partial charge in [0.15, 0.2) is 0 Å². The molecule has 1 N–H and O–H groups in total. The van der Waals surface area contributed by atoms with E-state index in [0.717, 1.165) is 0 Å². The van der Waals surface area contributed by atoms with Gasteiger partial charge in [0.2, 0.25) is 0 Å². The monoisotopic (exact) mass is 163 g/mol. The van der Waals surface area contributed by atoms with Crippen molar-refractivity contribution in [3.63, 3.8) is 0 Å². The molecule has 62 valence electrons. The number of aryl methyl sites for hydroxylation is 2. The van der Waals surface area contributed by atoms with E-state index in [-0.39, 0.29) is 11.4 Å². The maximum absolute atomic E-state index is 12.1. The second-order valence-electron chi connectivity index (χ2n) is 2.42. The molecule has 0 spiro atoms. The van der Waals surface area contributed by atoms with Crippen LogP contribution in [0.25, 0.3) is 0 Å². The average Bonchev–Trinajstić information content (AvgIpc) is 2.08. The third kappa shape index (κ3) is 1.39. The predicted octanol–water partition coefficient (Wildman–Crippen LogP) is 1.08. The van der Waals surface area contributed by atoms with E-state index in [1.807, 2.05) is 0 Å². The van der Waals surface area contributed by atoms with Crippen LogP contribution in [-0.2, 0) is 0 Å². The van der Waals surface area contributed by atoms with Crippen LogP contribution >= 0.6 is 0 Å². The van der Waals surface area contributed by atoms with Gasteiger partial charge >= 0.3 is 6.98 Å². The smallest absolute Gasteiger partial charge is 0.445 e. The number of aromatic nitrogens is 2. The lowest BCUT2D eigenvalue weighted by Gasteiger charge is -2.13. The first-order valence-corrected chi connectivity index (χ1v) is 3.14. The standard InChI is InChI=1S/C5H7BF3N2/c1-3-5(6(7,8)9)4(2)11-10-3/h1-2H3,(H,10,11)/q-1. The van der Waals surface area contributed by atoms with Gasteiger partial charge < -0.3 is 12.9 Å². The molecule has 1 rings (SSSR count). The normalized spacial score (nSPS) is 12.1. The number of aromatic amines is 1. The summed E-state index contributed by atoms with van der Waals surface area (Å²) >= 11 is 0. The molecule has 0 bridgehead atoms. The molecule has 1 heterocycles. The summed E-state index contributed by atoms with van der Waals surface area (Å²) in [6, 6.07) is 0. The van der Waals surface area contributed by atoms with Crippen LogP contribution < -0.4 is 5.46 Å². The lowest BCUT2D eigenvalue weighted by molar-refractivity contribution is 0.500. The summed E-state index contributed by atoms with van der Waals surface area (Å²) in [4.78, 5) is 0. The van der Waals surface area contributed by atoms with E-state index >= 15 is 0 Å². The lowest BCUT2D eigenvalue weighted by Crippen LogP contribution is -2.36. The van der Waals surface area contributed by atoms with Crippen molar-refractivity contribution in [2.45, 2.75) is 13.8 Å². The summed E-state index contributed by atoms with van der Waals surface area (Å²) < 4.78 is 36.4. The van der Waals surface area contributed by atoms with E-state index < -0.39 is 12.4 Å². The summed E-state index contributed by atoms with van der Waals surface area (Å²) in [5.41, 5.74) is -0.477. The molecule has 0 aliphatic heterocycles. The van der Waals surface area contributed by atoms with Gasteiger partial charge in [0.25, 0.3) is 0 Å². The van der Waals surface area contributed by atoms with Gasteiger partial charge in [-0.3, -0.25) is 5.10 Å². The highest BCUT2D eigenvalue weighted by Gasteiger charge is 2.30. The van der Waals surface area contributed by atoms with Crippen LogP contribution in [0, 0.1) is 13.8 Å². The Morgan fingerprint density at radius 3 is 2.00 bits per heavy atom. The summed E-state index contributed by atoms with van der Waals surface area (Å²) in [6.45, 7) is -2.20. The van der Waals surface area contributed by atoms with E-state index in [0.29, 0.717) is 0 Å². The van der Waals surface area contributed by atoms with Crippen molar-refractivity contribution < 1.29 is 12.9 Å². The fraction of sp³-hybridized carbons (Fsp3) is 0.400. The van der Waals surface area contributed by atoms with Crippen molar-refractivity contribution in [3.8, 4) is 0 Å². The molecule has 0 unspecified atom stereocenters. The highest BCUT2D eigenvalue weighted by atomic mass is 19.4. The Kier molecular flexibility index (Phi) is 1.70. The van der Waals surface area contributed by atoms with Crippen LogP contribution in [0.3, 0.4) is 0 Å². The maximum atomic E-state index is 12.1. The van der Waals surface area contributed by atoms with Crippen LogP contribution in [0.5, 0.6) is 0 Å². The van der Waals surface area contributed by atoms with Crippen molar-refractivity contribution in [1.29, 1.82) is 0 Å². The second-order valence-corrected chi connectivity index (χ2v) is 2.42. The number of nitrogens with one attached hydrogen (secondary N) is 1. The molecule has 0 atom stereocenters. The first-order chi connectivity index (χ1) is 4.93. The Balaban J connectivity index is 3.21. The minimum Gasteiger partial charge on any atom is -0.445 e. The molecule has 0 amide bonds. The number of rotatable bonds is 1. The van der Waals surface area contributed by atoms with Crippen molar-refractivity contribution >= 4 is 12.4 Å². The minimum atomic E-state index is -4.91. The number of nitrogens with zero attached hydrogens (tertiary/aromatic N) is 1. The minimum absolute atomic E-state index is 0.0231. The molecule has 0 fully saturated rings. The highest BCUT2D eigenvalue weighted by molar-refractivity contribution is 6.74. The second kappa shape index (κ2) is 2.28. The fourth-order valence-corrected chi connectivity index (χ4v) is 1.04. The van der Waals surface area contributed by atoms with Gasteiger partial charge in [-0.25, -0.2) is 0 Å². The molecule has 0 radical (unpaired) electrons.